The van der Waals surface area contributed by atoms with Gasteiger partial charge in [0.15, 0.2) is 9.84 Å². The van der Waals surface area contributed by atoms with Gasteiger partial charge in [-0.3, -0.25) is 0 Å². The van der Waals surface area contributed by atoms with Crippen molar-refractivity contribution in [1.82, 2.24) is 4.31 Å². The van der Waals surface area contributed by atoms with Gasteiger partial charge in [-0.05, 0) is 6.42 Å². The summed E-state index contributed by atoms with van der Waals surface area (Å²) < 4.78 is 46.2. The van der Waals surface area contributed by atoms with Gasteiger partial charge in [-0.25, -0.2) is 16.8 Å². The van der Waals surface area contributed by atoms with Crippen LogP contribution < -0.4 is 0 Å². The molecular weight excluding hydrogens is 238 g/mol. The van der Waals surface area contributed by atoms with Gasteiger partial charge in [-0.1, -0.05) is 5.92 Å². The quantitative estimate of drug-likeness (QED) is 0.607. The molecule has 1 saturated heterocycles. The fourth-order valence-electron chi connectivity index (χ4n) is 1.61. The minimum Gasteiger partial charge on any atom is -0.229 e. The van der Waals surface area contributed by atoms with E-state index in [1.54, 1.807) is 0 Å². The van der Waals surface area contributed by atoms with Crippen LogP contribution in [0.5, 0.6) is 0 Å². The Morgan fingerprint density at radius 3 is 2.47 bits per heavy atom. The van der Waals surface area contributed by atoms with Crippen molar-refractivity contribution >= 4 is 19.9 Å². The van der Waals surface area contributed by atoms with Crippen LogP contribution in [-0.2, 0) is 19.9 Å². The van der Waals surface area contributed by atoms with Gasteiger partial charge in [-0.15, -0.1) is 6.42 Å². The molecule has 0 aliphatic carbocycles. The molecule has 1 fully saturated rings. The Morgan fingerprint density at radius 1 is 1.53 bits per heavy atom. The second kappa shape index (κ2) is 4.12. The highest BCUT2D eigenvalue weighted by molar-refractivity contribution is 7.92. The maximum atomic E-state index is 11.4. The summed E-state index contributed by atoms with van der Waals surface area (Å²) in [6.45, 7) is -0.0704. The van der Waals surface area contributed by atoms with Crippen LogP contribution in [0, 0.1) is 12.3 Å². The van der Waals surface area contributed by atoms with Crippen molar-refractivity contribution in [2.75, 3.05) is 24.3 Å². The Bertz CT molecular complexity index is 471. The monoisotopic (exact) mass is 251 g/mol. The Labute approximate surface area is 90.4 Å². The van der Waals surface area contributed by atoms with Crippen LogP contribution in [0.25, 0.3) is 0 Å². The average Bonchev–Trinajstić information content (AvgIpc) is 2.39. The van der Waals surface area contributed by atoms with E-state index in [9.17, 15) is 16.8 Å². The van der Waals surface area contributed by atoms with Crippen LogP contribution in [0.3, 0.4) is 0 Å². The molecule has 7 heteroatoms. The highest BCUT2D eigenvalue weighted by atomic mass is 32.2. The molecule has 0 aromatic heterocycles. The fourth-order valence-corrected chi connectivity index (χ4v) is 4.47. The fraction of sp³-hybridized carbons (Fsp3) is 0.750. The van der Waals surface area contributed by atoms with Crippen molar-refractivity contribution < 1.29 is 16.8 Å². The van der Waals surface area contributed by atoms with Gasteiger partial charge in [0.1, 0.15) is 0 Å². The van der Waals surface area contributed by atoms with Crippen LogP contribution in [0.4, 0.5) is 0 Å². The maximum Gasteiger partial charge on any atom is 0.212 e. The number of sulfone groups is 1. The molecule has 0 aromatic carbocycles. The molecule has 1 heterocycles. The largest absolute Gasteiger partial charge is 0.229 e. The zero-order valence-corrected chi connectivity index (χ0v) is 10.0. The summed E-state index contributed by atoms with van der Waals surface area (Å²) >= 11 is 0. The second-order valence-corrected chi connectivity index (χ2v) is 7.73. The Kier molecular flexibility index (Phi) is 3.43. The second-order valence-electron chi connectivity index (χ2n) is 3.57. The van der Waals surface area contributed by atoms with E-state index in [0.717, 1.165) is 10.6 Å². The molecule has 0 amide bonds. The first kappa shape index (κ1) is 12.5. The van der Waals surface area contributed by atoms with Gasteiger partial charge in [0.2, 0.25) is 10.0 Å². The smallest absolute Gasteiger partial charge is 0.212 e. The molecule has 15 heavy (non-hydrogen) atoms. The van der Waals surface area contributed by atoms with E-state index in [1.807, 2.05) is 0 Å². The van der Waals surface area contributed by atoms with Crippen molar-refractivity contribution in [1.29, 1.82) is 0 Å². The minimum absolute atomic E-state index is 0.0360. The number of rotatable bonds is 3. The summed E-state index contributed by atoms with van der Waals surface area (Å²) in [5.74, 6) is 2.14. The van der Waals surface area contributed by atoms with Crippen molar-refractivity contribution in [3.63, 3.8) is 0 Å². The molecule has 1 aliphatic rings. The number of hydrogen-bond donors (Lipinski definition) is 0. The van der Waals surface area contributed by atoms with E-state index >= 15 is 0 Å². The summed E-state index contributed by atoms with van der Waals surface area (Å²) in [5, 5.41) is 0. The Balaban J connectivity index is 2.90. The van der Waals surface area contributed by atoms with Crippen molar-refractivity contribution in [3.05, 3.63) is 0 Å². The first-order chi connectivity index (χ1) is 6.76. The molecule has 1 atom stereocenters. The molecule has 5 nitrogen and oxygen atoms in total. The molecule has 86 valence electrons. The summed E-state index contributed by atoms with van der Waals surface area (Å²) in [4.78, 5) is 0. The van der Waals surface area contributed by atoms with Crippen molar-refractivity contribution in [3.8, 4) is 12.3 Å². The van der Waals surface area contributed by atoms with Crippen LogP contribution in [-0.4, -0.2) is 51.5 Å². The molecule has 0 saturated carbocycles. The van der Waals surface area contributed by atoms with E-state index in [2.05, 4.69) is 5.92 Å². The third-order valence-electron chi connectivity index (χ3n) is 2.29. The van der Waals surface area contributed by atoms with Gasteiger partial charge in [0, 0.05) is 6.04 Å². The topological polar surface area (TPSA) is 71.5 Å². The third kappa shape index (κ3) is 3.19. The zero-order valence-electron chi connectivity index (χ0n) is 8.38. The predicted octanol–water partition coefficient (Wildman–Crippen LogP) is -0.932. The summed E-state index contributed by atoms with van der Waals surface area (Å²) in [5.41, 5.74) is 0. The van der Waals surface area contributed by atoms with Crippen LogP contribution >= 0.6 is 0 Å². The molecule has 0 spiro atoms. The average molecular weight is 251 g/mol. The summed E-state index contributed by atoms with van der Waals surface area (Å²) in [7, 11) is -6.53. The van der Waals surface area contributed by atoms with Crippen molar-refractivity contribution in [2.45, 2.75) is 12.5 Å². The standard InChI is InChI=1S/C8H13NO4S2/c1-3-5-9(14(2,10)11)8-4-6-15(12,13)7-8/h1,8H,4-7H2,2H3. The first-order valence-corrected chi connectivity index (χ1v) is 8.04. The normalized spacial score (nSPS) is 25.3. The third-order valence-corrected chi connectivity index (χ3v) is 5.32. The Morgan fingerprint density at radius 2 is 2.13 bits per heavy atom. The maximum absolute atomic E-state index is 11.4. The molecule has 1 unspecified atom stereocenters. The van der Waals surface area contributed by atoms with E-state index in [0.29, 0.717) is 6.42 Å². The van der Waals surface area contributed by atoms with E-state index in [-0.39, 0.29) is 18.1 Å². The molecule has 0 N–H and O–H groups in total. The summed E-state index contributed by atoms with van der Waals surface area (Å²) in [6, 6.07) is -0.499. The van der Waals surface area contributed by atoms with Gasteiger partial charge in [0.25, 0.3) is 0 Å². The number of sulfonamides is 1. The highest BCUT2D eigenvalue weighted by Crippen LogP contribution is 2.19. The van der Waals surface area contributed by atoms with Crippen LogP contribution in [0.1, 0.15) is 6.42 Å². The zero-order chi connectivity index (χ0) is 11.7. The van der Waals surface area contributed by atoms with E-state index in [1.165, 1.54) is 0 Å². The van der Waals surface area contributed by atoms with Gasteiger partial charge in [-0.2, -0.15) is 4.31 Å². The van der Waals surface area contributed by atoms with E-state index < -0.39 is 25.9 Å². The number of hydrogen-bond acceptors (Lipinski definition) is 4. The minimum atomic E-state index is -3.43. The lowest BCUT2D eigenvalue weighted by Gasteiger charge is -2.22. The van der Waals surface area contributed by atoms with Crippen LogP contribution in [0.15, 0.2) is 0 Å². The summed E-state index contributed by atoms with van der Waals surface area (Å²) in [6.07, 6.45) is 6.42. The number of nitrogens with zero attached hydrogens (tertiary/aromatic N) is 1. The predicted molar refractivity (Wildman–Crippen MR) is 57.4 cm³/mol. The van der Waals surface area contributed by atoms with Gasteiger partial charge < -0.3 is 0 Å². The lowest BCUT2D eigenvalue weighted by atomic mass is 10.3. The van der Waals surface area contributed by atoms with Gasteiger partial charge >= 0.3 is 0 Å². The molecule has 0 aromatic rings. The lowest BCUT2D eigenvalue weighted by Crippen LogP contribution is -2.40. The molecular formula is C8H13NO4S2. The molecule has 0 bridgehead atoms. The molecule has 1 rings (SSSR count). The first-order valence-electron chi connectivity index (χ1n) is 4.37. The SMILES string of the molecule is C#CCN(C1CCS(=O)(=O)C1)S(C)(=O)=O. The van der Waals surface area contributed by atoms with Crippen molar-refractivity contribution in [2.24, 2.45) is 0 Å². The molecule has 1 aliphatic heterocycles. The molecule has 0 radical (unpaired) electrons. The highest BCUT2D eigenvalue weighted by Gasteiger charge is 2.35. The lowest BCUT2D eigenvalue weighted by molar-refractivity contribution is 0.374. The van der Waals surface area contributed by atoms with E-state index in [4.69, 9.17) is 6.42 Å². The Hall–Kier alpha value is -0.580. The van der Waals surface area contributed by atoms with Gasteiger partial charge in [0.05, 0.1) is 24.3 Å². The van der Waals surface area contributed by atoms with Crippen LogP contribution in [0.2, 0.25) is 0 Å². The number of terminal acetylenes is 1.